The topological polar surface area (TPSA) is 37.3 Å². The van der Waals surface area contributed by atoms with Crippen LogP contribution in [0.3, 0.4) is 0 Å². The Hall–Kier alpha value is -0.790. The Morgan fingerprint density at radius 1 is 1.67 bits per heavy atom. The first kappa shape index (κ1) is 6.33. The summed E-state index contributed by atoms with van der Waals surface area (Å²) in [7, 11) is 0. The van der Waals surface area contributed by atoms with Crippen molar-refractivity contribution in [2.45, 2.75) is 19.3 Å². The van der Waals surface area contributed by atoms with Crippen LogP contribution in [0, 0.1) is 5.92 Å². The van der Waals surface area contributed by atoms with Crippen molar-refractivity contribution >= 4 is 5.97 Å². The minimum atomic E-state index is -0.744. The van der Waals surface area contributed by atoms with Crippen molar-refractivity contribution in [2.75, 3.05) is 0 Å². The first-order chi connectivity index (χ1) is 4.29. The van der Waals surface area contributed by atoms with E-state index in [1.165, 1.54) is 12.8 Å². The highest BCUT2D eigenvalue weighted by molar-refractivity contribution is 5.68. The fraction of sp³-hybridized carbons (Fsp3) is 0.571. The van der Waals surface area contributed by atoms with E-state index in [4.69, 9.17) is 5.11 Å². The molecule has 2 nitrogen and oxygen atoms in total. The van der Waals surface area contributed by atoms with Gasteiger partial charge in [0.15, 0.2) is 0 Å². The van der Waals surface area contributed by atoms with E-state index in [1.807, 2.05) is 6.08 Å². The van der Waals surface area contributed by atoms with Gasteiger partial charge in [0.05, 0.1) is 6.42 Å². The molecule has 1 N–H and O–H groups in total. The fourth-order valence-corrected chi connectivity index (χ4v) is 0.650. The zero-order valence-corrected chi connectivity index (χ0v) is 5.21. The molecule has 0 aromatic carbocycles. The first-order valence-electron chi connectivity index (χ1n) is 3.17. The van der Waals surface area contributed by atoms with Crippen molar-refractivity contribution in [3.05, 3.63) is 12.2 Å². The number of carboxylic acid groups (broad SMARTS) is 1. The Morgan fingerprint density at radius 3 is 2.78 bits per heavy atom. The van der Waals surface area contributed by atoms with Crippen molar-refractivity contribution in [1.29, 1.82) is 0 Å². The summed E-state index contributed by atoms with van der Waals surface area (Å²) in [6, 6.07) is 0. The van der Waals surface area contributed by atoms with E-state index in [1.54, 1.807) is 6.08 Å². The summed E-state index contributed by atoms with van der Waals surface area (Å²) in [5.74, 6) is -0.0451. The van der Waals surface area contributed by atoms with Crippen molar-refractivity contribution < 1.29 is 9.90 Å². The molecule has 0 spiro atoms. The molecular weight excluding hydrogens is 116 g/mol. The van der Waals surface area contributed by atoms with E-state index >= 15 is 0 Å². The predicted molar refractivity (Wildman–Crippen MR) is 34.1 cm³/mol. The molecule has 0 aliphatic heterocycles. The lowest BCUT2D eigenvalue weighted by Crippen LogP contribution is -1.89. The highest BCUT2D eigenvalue weighted by atomic mass is 16.4. The summed E-state index contributed by atoms with van der Waals surface area (Å²) in [6.45, 7) is 0. The van der Waals surface area contributed by atoms with Gasteiger partial charge in [-0.3, -0.25) is 4.79 Å². The van der Waals surface area contributed by atoms with Gasteiger partial charge in [0, 0.05) is 0 Å². The summed E-state index contributed by atoms with van der Waals surface area (Å²) in [5, 5.41) is 8.20. The molecule has 0 radical (unpaired) electrons. The molecule has 1 rings (SSSR count). The normalized spacial score (nSPS) is 18.7. The van der Waals surface area contributed by atoms with Crippen LogP contribution in [0.1, 0.15) is 19.3 Å². The molecule has 0 saturated heterocycles. The van der Waals surface area contributed by atoms with E-state index in [9.17, 15) is 4.79 Å². The largest absolute Gasteiger partial charge is 0.481 e. The zero-order chi connectivity index (χ0) is 6.69. The van der Waals surface area contributed by atoms with Crippen LogP contribution in [0.25, 0.3) is 0 Å². The van der Waals surface area contributed by atoms with Gasteiger partial charge in [-0.15, -0.1) is 0 Å². The molecule has 1 fully saturated rings. The van der Waals surface area contributed by atoms with Crippen LogP contribution in [0.4, 0.5) is 0 Å². The fourth-order valence-electron chi connectivity index (χ4n) is 0.650. The number of carbonyl (C=O) groups is 1. The van der Waals surface area contributed by atoms with Gasteiger partial charge in [0.25, 0.3) is 0 Å². The van der Waals surface area contributed by atoms with E-state index in [0.29, 0.717) is 5.92 Å². The molecule has 0 heterocycles. The minimum Gasteiger partial charge on any atom is -0.481 e. The lowest BCUT2D eigenvalue weighted by molar-refractivity contribution is -0.136. The maximum absolute atomic E-state index is 9.95. The molecule has 0 aromatic heterocycles. The molecule has 2 heteroatoms. The second-order valence-electron chi connectivity index (χ2n) is 2.36. The number of carboxylic acids is 1. The summed E-state index contributed by atoms with van der Waals surface area (Å²) in [6.07, 6.45) is 6.40. The molecular formula is C7H10O2. The first-order valence-corrected chi connectivity index (χ1v) is 3.17. The van der Waals surface area contributed by atoms with E-state index in [0.717, 1.165) is 0 Å². The lowest BCUT2D eigenvalue weighted by Gasteiger charge is -1.81. The van der Waals surface area contributed by atoms with Crippen LogP contribution >= 0.6 is 0 Å². The Bertz CT molecular complexity index is 134. The van der Waals surface area contributed by atoms with Crippen LogP contribution in [0.15, 0.2) is 12.2 Å². The molecule has 0 amide bonds. The maximum Gasteiger partial charge on any atom is 0.307 e. The third-order valence-corrected chi connectivity index (χ3v) is 1.32. The monoisotopic (exact) mass is 126 g/mol. The third kappa shape index (κ3) is 2.90. The van der Waals surface area contributed by atoms with Crippen LogP contribution < -0.4 is 0 Å². The number of allylic oxidation sites excluding steroid dienone is 1. The predicted octanol–water partition coefficient (Wildman–Crippen LogP) is 1.43. The van der Waals surface area contributed by atoms with Crippen LogP contribution in [-0.4, -0.2) is 11.1 Å². The van der Waals surface area contributed by atoms with Gasteiger partial charge in [-0.1, -0.05) is 12.2 Å². The van der Waals surface area contributed by atoms with Gasteiger partial charge in [-0.2, -0.15) is 0 Å². The highest BCUT2D eigenvalue weighted by Gasteiger charge is 2.16. The smallest absolute Gasteiger partial charge is 0.307 e. The number of rotatable bonds is 3. The summed E-state index contributed by atoms with van der Waals surface area (Å²) in [5.41, 5.74) is 0. The van der Waals surface area contributed by atoms with Crippen molar-refractivity contribution in [2.24, 2.45) is 5.92 Å². The van der Waals surface area contributed by atoms with Crippen LogP contribution in [-0.2, 0) is 4.79 Å². The van der Waals surface area contributed by atoms with Gasteiger partial charge in [-0.25, -0.2) is 0 Å². The second kappa shape index (κ2) is 2.67. The molecule has 1 saturated carbocycles. The van der Waals surface area contributed by atoms with E-state index in [-0.39, 0.29) is 6.42 Å². The molecule has 0 atom stereocenters. The molecule has 1 aliphatic rings. The Morgan fingerprint density at radius 2 is 2.33 bits per heavy atom. The third-order valence-electron chi connectivity index (χ3n) is 1.32. The van der Waals surface area contributed by atoms with Gasteiger partial charge >= 0.3 is 5.97 Å². The Labute approximate surface area is 54.2 Å². The molecule has 9 heavy (non-hydrogen) atoms. The number of aliphatic carboxylic acids is 1. The van der Waals surface area contributed by atoms with Gasteiger partial charge < -0.3 is 5.11 Å². The standard InChI is InChI=1S/C7H10O2/c8-7(9)3-1-2-6-4-5-6/h1-2,6H,3-5H2,(H,8,9)/b2-1-. The van der Waals surface area contributed by atoms with Gasteiger partial charge in [-0.05, 0) is 18.8 Å². The molecule has 50 valence electrons. The SMILES string of the molecule is O=C(O)C/C=C\C1CC1. The van der Waals surface area contributed by atoms with Crippen LogP contribution in [0.5, 0.6) is 0 Å². The quantitative estimate of drug-likeness (QED) is 0.581. The average Bonchev–Trinajstić information content (AvgIpc) is 2.48. The number of hydrogen-bond donors (Lipinski definition) is 1. The Balaban J connectivity index is 2.08. The molecule has 1 aliphatic carbocycles. The van der Waals surface area contributed by atoms with Gasteiger partial charge in [0.2, 0.25) is 0 Å². The zero-order valence-electron chi connectivity index (χ0n) is 5.21. The van der Waals surface area contributed by atoms with E-state index in [2.05, 4.69) is 0 Å². The lowest BCUT2D eigenvalue weighted by atomic mass is 10.3. The molecule has 0 aromatic rings. The highest BCUT2D eigenvalue weighted by Crippen LogP contribution is 2.29. The summed E-state index contributed by atoms with van der Waals surface area (Å²) >= 11 is 0. The average molecular weight is 126 g/mol. The van der Waals surface area contributed by atoms with Crippen LogP contribution in [0.2, 0.25) is 0 Å². The number of hydrogen-bond acceptors (Lipinski definition) is 1. The molecule has 0 unspecified atom stereocenters. The maximum atomic E-state index is 9.95. The Kier molecular flexibility index (Phi) is 1.88. The summed E-state index contributed by atoms with van der Waals surface area (Å²) in [4.78, 5) is 9.95. The van der Waals surface area contributed by atoms with Gasteiger partial charge in [0.1, 0.15) is 0 Å². The minimum absolute atomic E-state index is 0.177. The van der Waals surface area contributed by atoms with Crippen molar-refractivity contribution in [3.63, 3.8) is 0 Å². The second-order valence-corrected chi connectivity index (χ2v) is 2.36. The van der Waals surface area contributed by atoms with Crippen molar-refractivity contribution in [3.8, 4) is 0 Å². The summed E-state index contributed by atoms with van der Waals surface area (Å²) < 4.78 is 0. The molecule has 0 bridgehead atoms. The van der Waals surface area contributed by atoms with Crippen molar-refractivity contribution in [1.82, 2.24) is 0 Å². The van der Waals surface area contributed by atoms with E-state index < -0.39 is 5.97 Å².